The Hall–Kier alpha value is -2.82. The zero-order chi connectivity index (χ0) is 28.9. The molecule has 9 nitrogen and oxygen atoms in total. The van der Waals surface area contributed by atoms with Crippen LogP contribution in [0.3, 0.4) is 0 Å². The Balaban J connectivity index is 1.15. The highest BCUT2D eigenvalue weighted by Gasteiger charge is 2.56. The molecule has 4 fully saturated rings. The number of amides is 2. The first-order chi connectivity index (χ1) is 19.6. The van der Waals surface area contributed by atoms with Crippen LogP contribution in [-0.4, -0.2) is 96.9 Å². The number of ether oxygens (including phenoxy) is 1. The normalized spacial score (nSPS) is 25.9. The largest absolute Gasteiger partial charge is 0.367 e. The van der Waals surface area contributed by atoms with E-state index in [4.69, 9.17) is 9.72 Å². The Morgan fingerprint density at radius 3 is 2.49 bits per heavy atom. The van der Waals surface area contributed by atoms with E-state index >= 15 is 0 Å². The number of likely N-dealkylation sites (tertiary alicyclic amines) is 1. The van der Waals surface area contributed by atoms with E-state index in [9.17, 15) is 14.4 Å². The van der Waals surface area contributed by atoms with Crippen molar-refractivity contribution in [3.05, 3.63) is 35.2 Å². The van der Waals surface area contributed by atoms with Crippen LogP contribution in [0.25, 0.3) is 11.3 Å². The van der Waals surface area contributed by atoms with E-state index in [1.165, 1.54) is 0 Å². The Bertz CT molecular complexity index is 1290. The number of rotatable bonds is 7. The smallest absolute Gasteiger partial charge is 0.251 e. The van der Waals surface area contributed by atoms with Gasteiger partial charge in [0.25, 0.3) is 5.91 Å². The number of aromatic nitrogens is 1. The molecule has 0 radical (unpaired) electrons. The molecule has 4 atom stereocenters. The quantitative estimate of drug-likeness (QED) is 0.538. The van der Waals surface area contributed by atoms with Gasteiger partial charge in [-0.05, 0) is 49.8 Å². The maximum atomic E-state index is 13.9. The molecular formula is C31H41N5O4S. The summed E-state index contributed by atoms with van der Waals surface area (Å²) in [6, 6.07) is 6.17. The Kier molecular flexibility index (Phi) is 7.67. The lowest BCUT2D eigenvalue weighted by atomic mass is 9.87. The maximum Gasteiger partial charge on any atom is 0.251 e. The standard InChI is InChI=1S/C31H41N5O4S/c1-31(2,3)15-23(29(39)36-16-22(19-5-6-19)27-26(36)25(37)17-40-27)32-28(38)21-9-7-20(8-10-21)24-18-41-30(33-24)35-13-11-34(4)12-14-35/h7-10,18-19,22-23,26-27H,5-6,11-17H2,1-4H3,(H,32,38)/t22-,23?,26-,27-/m1/s1. The van der Waals surface area contributed by atoms with Crippen LogP contribution in [0.2, 0.25) is 0 Å². The summed E-state index contributed by atoms with van der Waals surface area (Å²) in [6.45, 7) is 10.8. The zero-order valence-corrected chi connectivity index (χ0v) is 25.3. The minimum absolute atomic E-state index is 0.0271. The number of nitrogens with one attached hydrogen (secondary N) is 1. The summed E-state index contributed by atoms with van der Waals surface area (Å²) in [5.41, 5.74) is 2.14. The Morgan fingerprint density at radius 1 is 1.12 bits per heavy atom. The van der Waals surface area contributed by atoms with E-state index in [0.717, 1.165) is 55.4 Å². The van der Waals surface area contributed by atoms with Gasteiger partial charge in [0, 0.05) is 55.1 Å². The predicted octanol–water partition coefficient (Wildman–Crippen LogP) is 3.30. The van der Waals surface area contributed by atoms with E-state index in [1.54, 1.807) is 28.4 Å². The number of nitrogens with zero attached hydrogens (tertiary/aromatic N) is 4. The fourth-order valence-corrected chi connectivity index (χ4v) is 7.34. The Labute approximate surface area is 246 Å². The van der Waals surface area contributed by atoms with E-state index in [-0.39, 0.29) is 41.6 Å². The molecule has 0 bridgehead atoms. The number of carbonyl (C=O) groups excluding carboxylic acids is 3. The maximum absolute atomic E-state index is 13.9. The number of likely N-dealkylation sites (N-methyl/N-ethyl adjacent to an activating group) is 1. The van der Waals surface area contributed by atoms with E-state index in [2.05, 4.69) is 48.3 Å². The topological polar surface area (TPSA) is 95.1 Å². The van der Waals surface area contributed by atoms with Gasteiger partial charge in [0.1, 0.15) is 18.7 Å². The van der Waals surface area contributed by atoms with Gasteiger partial charge in [0.2, 0.25) is 5.91 Å². The van der Waals surface area contributed by atoms with Crippen molar-refractivity contribution in [1.29, 1.82) is 0 Å². The van der Waals surface area contributed by atoms with E-state index < -0.39 is 12.1 Å². The number of thiazole rings is 1. The molecule has 220 valence electrons. The number of carbonyl (C=O) groups is 3. The van der Waals surface area contributed by atoms with Gasteiger partial charge in [-0.2, -0.15) is 0 Å². The van der Waals surface area contributed by atoms with Crippen LogP contribution >= 0.6 is 11.3 Å². The van der Waals surface area contributed by atoms with Crippen LogP contribution in [0.5, 0.6) is 0 Å². The SMILES string of the molecule is CN1CCN(c2nc(-c3ccc(C(=O)NC(CC(C)(C)C)C(=O)N4C[C@H](C5CC5)[C@H]5OCC(=O)[C@H]54)cc3)cs2)CC1. The van der Waals surface area contributed by atoms with Crippen LogP contribution in [0.15, 0.2) is 29.6 Å². The summed E-state index contributed by atoms with van der Waals surface area (Å²) >= 11 is 1.65. The summed E-state index contributed by atoms with van der Waals surface area (Å²) in [7, 11) is 2.14. The van der Waals surface area contributed by atoms with E-state index in [1.807, 2.05) is 12.1 Å². The highest BCUT2D eigenvalue weighted by atomic mass is 32.1. The van der Waals surface area contributed by atoms with Crippen molar-refractivity contribution >= 4 is 34.1 Å². The van der Waals surface area contributed by atoms with Gasteiger partial charge in [0.15, 0.2) is 10.9 Å². The van der Waals surface area contributed by atoms with Crippen LogP contribution in [0.4, 0.5) is 5.13 Å². The van der Waals surface area contributed by atoms with Gasteiger partial charge in [-0.15, -0.1) is 11.3 Å². The number of ketones is 1. The van der Waals surface area contributed by atoms with Gasteiger partial charge >= 0.3 is 0 Å². The molecule has 3 saturated heterocycles. The second kappa shape index (κ2) is 11.1. The second-order valence-electron chi connectivity index (χ2n) is 13.4. The summed E-state index contributed by atoms with van der Waals surface area (Å²) < 4.78 is 5.86. The molecule has 1 aliphatic carbocycles. The van der Waals surface area contributed by atoms with Gasteiger partial charge in [-0.25, -0.2) is 4.98 Å². The first kappa shape index (κ1) is 28.3. The number of hydrogen-bond donors (Lipinski definition) is 1. The van der Waals surface area contributed by atoms with Crippen molar-refractivity contribution in [2.24, 2.45) is 17.3 Å². The molecule has 4 heterocycles. The number of Topliss-reactive ketones (excluding diaryl/α,β-unsaturated/α-hetero) is 1. The minimum atomic E-state index is -0.723. The molecule has 2 aromatic rings. The van der Waals surface area contributed by atoms with Crippen LogP contribution < -0.4 is 10.2 Å². The van der Waals surface area contributed by atoms with Crippen LogP contribution in [0.1, 0.15) is 50.4 Å². The lowest BCUT2D eigenvalue weighted by molar-refractivity contribution is -0.138. The van der Waals surface area contributed by atoms with Crippen LogP contribution in [-0.2, 0) is 14.3 Å². The van der Waals surface area contributed by atoms with Crippen molar-refractivity contribution in [3.63, 3.8) is 0 Å². The highest BCUT2D eigenvalue weighted by molar-refractivity contribution is 7.14. The molecule has 1 aromatic heterocycles. The molecule has 0 spiro atoms. The van der Waals surface area contributed by atoms with Crippen molar-refractivity contribution in [3.8, 4) is 11.3 Å². The molecule has 1 saturated carbocycles. The zero-order valence-electron chi connectivity index (χ0n) is 24.5. The average Bonchev–Trinajstić information content (AvgIpc) is 3.35. The summed E-state index contributed by atoms with van der Waals surface area (Å²) in [4.78, 5) is 51.3. The lowest BCUT2D eigenvalue weighted by Crippen LogP contribution is -2.53. The second-order valence-corrected chi connectivity index (χ2v) is 14.2. The molecule has 3 aliphatic heterocycles. The number of fused-ring (bicyclic) bond motifs is 1. The minimum Gasteiger partial charge on any atom is -0.367 e. The predicted molar refractivity (Wildman–Crippen MR) is 159 cm³/mol. The van der Waals surface area contributed by atoms with Gasteiger partial charge < -0.3 is 24.8 Å². The molecule has 1 unspecified atom stereocenters. The third kappa shape index (κ3) is 6.05. The summed E-state index contributed by atoms with van der Waals surface area (Å²) in [5, 5.41) is 6.11. The molecular weight excluding hydrogens is 538 g/mol. The van der Waals surface area contributed by atoms with Crippen molar-refractivity contribution in [2.45, 2.75) is 58.2 Å². The summed E-state index contributed by atoms with van der Waals surface area (Å²) in [6.07, 6.45) is 2.52. The number of hydrogen-bond acceptors (Lipinski definition) is 8. The average molecular weight is 580 g/mol. The molecule has 10 heteroatoms. The molecule has 2 amide bonds. The monoisotopic (exact) mass is 579 g/mol. The molecule has 41 heavy (non-hydrogen) atoms. The van der Waals surface area contributed by atoms with Crippen molar-refractivity contribution < 1.29 is 19.1 Å². The van der Waals surface area contributed by atoms with Gasteiger partial charge in [-0.1, -0.05) is 32.9 Å². The summed E-state index contributed by atoms with van der Waals surface area (Å²) in [5.74, 6) is 0.229. The third-order valence-electron chi connectivity index (χ3n) is 8.86. The van der Waals surface area contributed by atoms with Crippen molar-refractivity contribution in [2.75, 3.05) is 51.3 Å². The lowest BCUT2D eigenvalue weighted by Gasteiger charge is -2.32. The third-order valence-corrected chi connectivity index (χ3v) is 9.77. The fraction of sp³-hybridized carbons (Fsp3) is 0.613. The van der Waals surface area contributed by atoms with Gasteiger partial charge in [-0.3, -0.25) is 14.4 Å². The van der Waals surface area contributed by atoms with E-state index in [0.29, 0.717) is 24.4 Å². The number of benzene rings is 1. The molecule has 1 N–H and O–H groups in total. The van der Waals surface area contributed by atoms with Gasteiger partial charge in [0.05, 0.1) is 11.8 Å². The first-order valence-electron chi connectivity index (χ1n) is 14.8. The fourth-order valence-electron chi connectivity index (χ4n) is 6.45. The molecule has 1 aromatic carbocycles. The molecule has 6 rings (SSSR count). The highest BCUT2D eigenvalue weighted by Crippen LogP contribution is 2.46. The first-order valence-corrected chi connectivity index (χ1v) is 15.7. The molecule has 4 aliphatic rings. The van der Waals surface area contributed by atoms with Crippen molar-refractivity contribution in [1.82, 2.24) is 20.1 Å². The Morgan fingerprint density at radius 2 is 1.83 bits per heavy atom. The van der Waals surface area contributed by atoms with Crippen LogP contribution in [0, 0.1) is 17.3 Å². The number of anilines is 1. The number of piperazine rings is 1.